The van der Waals surface area contributed by atoms with Crippen molar-refractivity contribution in [3.63, 3.8) is 0 Å². The summed E-state index contributed by atoms with van der Waals surface area (Å²) in [4.78, 5) is 26.6. The molecule has 0 saturated carbocycles. The van der Waals surface area contributed by atoms with Crippen LogP contribution in [0.3, 0.4) is 0 Å². The molecule has 0 aliphatic rings. The Morgan fingerprint density at radius 2 is 1.97 bits per heavy atom. The lowest BCUT2D eigenvalue weighted by atomic mass is 9.99. The Labute approximate surface area is 195 Å². The molecule has 0 aliphatic heterocycles. The summed E-state index contributed by atoms with van der Waals surface area (Å²) in [7, 11) is 0. The summed E-state index contributed by atoms with van der Waals surface area (Å²) >= 11 is 1.30. The number of ether oxygens (including phenoxy) is 1. The first-order chi connectivity index (χ1) is 15.4. The fraction of sp³-hybridized carbons (Fsp3) is 0.346. The van der Waals surface area contributed by atoms with Crippen molar-refractivity contribution in [2.45, 2.75) is 47.0 Å². The zero-order valence-corrected chi connectivity index (χ0v) is 20.1. The highest BCUT2D eigenvalue weighted by Gasteiger charge is 2.19. The lowest BCUT2D eigenvalue weighted by Crippen LogP contribution is -2.11. The number of hydrogen-bond acceptors (Lipinski definition) is 5. The highest BCUT2D eigenvalue weighted by Crippen LogP contribution is 2.25. The first-order valence-corrected chi connectivity index (χ1v) is 11.5. The quantitative estimate of drug-likeness (QED) is 0.295. The summed E-state index contributed by atoms with van der Waals surface area (Å²) in [5.74, 6) is 2.29. The maximum atomic E-state index is 11.5. The molecule has 32 heavy (non-hydrogen) atoms. The smallest absolute Gasteiger partial charge is 0.360 e. The minimum atomic E-state index is -0.498. The number of rotatable bonds is 9. The molecule has 0 saturated heterocycles. The van der Waals surface area contributed by atoms with Crippen LogP contribution >= 0.6 is 11.3 Å². The van der Waals surface area contributed by atoms with Gasteiger partial charge in [-0.15, -0.1) is 17.8 Å². The zero-order chi connectivity index (χ0) is 23.8. The highest BCUT2D eigenvalue weighted by molar-refractivity contribution is 7.16. The van der Waals surface area contributed by atoms with E-state index in [4.69, 9.17) is 11.2 Å². The third kappa shape index (κ3) is 10.2. The molecule has 2 rings (SSSR count). The van der Waals surface area contributed by atoms with Gasteiger partial charge >= 0.3 is 5.97 Å². The Kier molecular flexibility index (Phi) is 13.1. The van der Waals surface area contributed by atoms with Crippen LogP contribution in [0, 0.1) is 18.3 Å². The highest BCUT2D eigenvalue weighted by atomic mass is 32.1. The van der Waals surface area contributed by atoms with E-state index in [1.165, 1.54) is 23.8 Å². The van der Waals surface area contributed by atoms with Gasteiger partial charge in [0.1, 0.15) is 5.00 Å². The molecule has 2 aromatic rings. The number of allylic oxidation sites excluding steroid dienone is 4. The number of nitrogens with one attached hydrogen (secondary N) is 1. The van der Waals surface area contributed by atoms with E-state index in [-0.39, 0.29) is 24.1 Å². The van der Waals surface area contributed by atoms with Gasteiger partial charge in [-0.25, -0.2) is 9.78 Å². The fourth-order valence-corrected chi connectivity index (χ4v) is 3.54. The number of benzene rings is 1. The van der Waals surface area contributed by atoms with E-state index in [9.17, 15) is 9.59 Å². The number of carbonyl (C=O) groups excluding carboxylic acids is 2. The maximum Gasteiger partial charge on any atom is 0.360 e. The summed E-state index contributed by atoms with van der Waals surface area (Å²) in [6, 6.07) is 10.4. The molecule has 6 heteroatoms. The Hall–Kier alpha value is -3.17. The summed E-state index contributed by atoms with van der Waals surface area (Å²) in [6.07, 6.45) is 16.5. The Morgan fingerprint density at radius 3 is 2.53 bits per heavy atom. The van der Waals surface area contributed by atoms with Crippen molar-refractivity contribution in [1.82, 2.24) is 4.98 Å². The zero-order valence-electron chi connectivity index (χ0n) is 19.3. The average Bonchev–Trinajstić information content (AvgIpc) is 3.19. The predicted molar refractivity (Wildman–Crippen MR) is 133 cm³/mol. The minimum absolute atomic E-state index is 0.193. The van der Waals surface area contributed by atoms with E-state index >= 15 is 0 Å². The van der Waals surface area contributed by atoms with Crippen molar-refractivity contribution in [2.75, 3.05) is 11.9 Å². The van der Waals surface area contributed by atoms with Gasteiger partial charge in [0.15, 0.2) is 5.69 Å². The lowest BCUT2D eigenvalue weighted by Gasteiger charge is -2.04. The van der Waals surface area contributed by atoms with Crippen molar-refractivity contribution >= 4 is 28.2 Å². The number of esters is 1. The van der Waals surface area contributed by atoms with Gasteiger partial charge in [0, 0.05) is 12.8 Å². The van der Waals surface area contributed by atoms with Gasteiger partial charge in [-0.1, -0.05) is 67.5 Å². The molecule has 0 bridgehead atoms. The van der Waals surface area contributed by atoms with Crippen LogP contribution in [-0.4, -0.2) is 23.5 Å². The third-order valence-electron chi connectivity index (χ3n) is 4.12. The van der Waals surface area contributed by atoms with E-state index in [2.05, 4.69) is 46.6 Å². The van der Waals surface area contributed by atoms with Crippen LogP contribution in [-0.2, 0) is 22.4 Å². The first kappa shape index (κ1) is 26.9. The van der Waals surface area contributed by atoms with E-state index < -0.39 is 5.97 Å². The van der Waals surface area contributed by atoms with Crippen LogP contribution in [0.4, 0.5) is 5.00 Å². The van der Waals surface area contributed by atoms with Crippen molar-refractivity contribution in [3.05, 3.63) is 70.9 Å². The normalized spacial score (nSPS) is 11.5. The molecular weight excluding hydrogens is 420 g/mol. The maximum absolute atomic E-state index is 11.5. The van der Waals surface area contributed by atoms with Crippen LogP contribution in [0.25, 0.3) is 0 Å². The fourth-order valence-electron chi connectivity index (χ4n) is 2.61. The summed E-state index contributed by atoms with van der Waals surface area (Å²) in [5.41, 5.74) is 1.49. The van der Waals surface area contributed by atoms with Gasteiger partial charge in [0.2, 0.25) is 5.91 Å². The van der Waals surface area contributed by atoms with Gasteiger partial charge in [-0.3, -0.25) is 4.79 Å². The molecule has 5 nitrogen and oxygen atoms in total. The monoisotopic (exact) mass is 452 g/mol. The number of carbonyl (C=O) groups is 2. The topological polar surface area (TPSA) is 68.3 Å². The van der Waals surface area contributed by atoms with Gasteiger partial charge in [0.05, 0.1) is 11.6 Å². The van der Waals surface area contributed by atoms with Crippen molar-refractivity contribution in [2.24, 2.45) is 5.92 Å². The molecule has 0 spiro atoms. The molecule has 1 atom stereocenters. The van der Waals surface area contributed by atoms with E-state index in [1.54, 1.807) is 6.92 Å². The van der Waals surface area contributed by atoms with Gasteiger partial charge in [0.25, 0.3) is 0 Å². The minimum Gasteiger partial charge on any atom is -0.461 e. The largest absolute Gasteiger partial charge is 0.461 e. The number of aryl methyl sites for hydroxylation is 1. The average molecular weight is 453 g/mol. The molecule has 0 aliphatic carbocycles. The van der Waals surface area contributed by atoms with Crippen molar-refractivity contribution in [1.29, 1.82) is 0 Å². The second-order valence-corrected chi connectivity index (χ2v) is 7.82. The summed E-state index contributed by atoms with van der Waals surface area (Å²) < 4.78 is 4.86. The third-order valence-corrected chi connectivity index (χ3v) is 5.24. The molecule has 170 valence electrons. The van der Waals surface area contributed by atoms with Crippen molar-refractivity contribution in [3.8, 4) is 12.3 Å². The van der Waals surface area contributed by atoms with Crippen LogP contribution in [0.1, 0.15) is 55.2 Å². The SMILES string of the molecule is C#CC(/C=C\C/C=C\C)Cc1ccccc1.CCOC(=O)c1nc(CC)sc1NC(C)=O. The molecule has 0 fully saturated rings. The summed E-state index contributed by atoms with van der Waals surface area (Å²) in [6.45, 7) is 7.36. The number of aromatic nitrogens is 1. The van der Waals surface area contributed by atoms with Crippen LogP contribution < -0.4 is 5.32 Å². The number of thiazole rings is 1. The Morgan fingerprint density at radius 1 is 1.25 bits per heavy atom. The predicted octanol–water partition coefficient (Wildman–Crippen LogP) is 5.84. The second kappa shape index (κ2) is 15.6. The molecule has 0 radical (unpaired) electrons. The number of hydrogen-bond donors (Lipinski definition) is 1. The molecular formula is C26H32N2O3S. The number of nitrogens with zero attached hydrogens (tertiary/aromatic N) is 1. The van der Waals surface area contributed by atoms with Crippen molar-refractivity contribution < 1.29 is 14.3 Å². The van der Waals surface area contributed by atoms with Crippen LogP contribution in [0.15, 0.2) is 54.6 Å². The summed E-state index contributed by atoms with van der Waals surface area (Å²) in [5, 5.41) is 3.84. The first-order valence-electron chi connectivity index (χ1n) is 10.7. The second-order valence-electron chi connectivity index (χ2n) is 6.74. The van der Waals surface area contributed by atoms with E-state index in [0.29, 0.717) is 5.00 Å². The van der Waals surface area contributed by atoms with Gasteiger partial charge in [-0.05, 0) is 38.7 Å². The van der Waals surface area contributed by atoms with E-state index in [0.717, 1.165) is 24.3 Å². The van der Waals surface area contributed by atoms with Crippen LogP contribution in [0.2, 0.25) is 0 Å². The number of terminal acetylenes is 1. The van der Waals surface area contributed by atoms with Crippen LogP contribution in [0.5, 0.6) is 0 Å². The Balaban J connectivity index is 0.000000320. The molecule has 1 amide bonds. The number of anilines is 1. The molecule has 1 unspecified atom stereocenters. The van der Waals surface area contributed by atoms with Gasteiger partial charge in [-0.2, -0.15) is 0 Å². The standard InChI is InChI=1S/C16H18.C10H14N2O3S/c1-3-5-6-8-11-15(4-2)14-16-12-9-7-10-13-16;1-4-7-12-8(10(14)15-5-2)9(16-7)11-6(3)13/h2-3,5,7-13,15H,6,14H2,1H3;4-5H2,1-3H3,(H,11,13)/b5-3-,11-8-;. The van der Waals surface area contributed by atoms with Gasteiger partial charge < -0.3 is 10.1 Å². The molecule has 1 N–H and O–H groups in total. The van der Waals surface area contributed by atoms with E-state index in [1.807, 2.05) is 38.1 Å². The Bertz CT molecular complexity index is 940. The molecule has 1 heterocycles. The lowest BCUT2D eigenvalue weighted by molar-refractivity contribution is -0.114. The molecule has 1 aromatic carbocycles. The number of amides is 1. The molecule has 1 aromatic heterocycles.